The topological polar surface area (TPSA) is 32.3 Å². The third-order valence-corrected chi connectivity index (χ3v) is 7.38. The van der Waals surface area contributed by atoms with Gasteiger partial charge in [-0.05, 0) is 56.9 Å². The van der Waals surface area contributed by atoms with Crippen LogP contribution in [0.15, 0.2) is 6.33 Å². The molecule has 5 heteroatoms. The molecule has 128 valence electrons. The molecule has 5 heterocycles. The smallest absolute Gasteiger partial charge is 0.141 e. The molecule has 2 bridgehead atoms. The van der Waals surface area contributed by atoms with Gasteiger partial charge >= 0.3 is 0 Å². The molecule has 6 rings (SSSR count). The van der Waals surface area contributed by atoms with Gasteiger partial charge in [0.2, 0.25) is 0 Å². The number of thiophene rings is 1. The normalized spacial score (nSPS) is 27.8. The summed E-state index contributed by atoms with van der Waals surface area (Å²) in [5, 5.41) is 1.30. The van der Waals surface area contributed by atoms with Gasteiger partial charge in [-0.2, -0.15) is 0 Å². The average Bonchev–Trinajstić information content (AvgIpc) is 3.38. The summed E-state index contributed by atoms with van der Waals surface area (Å²) in [6.07, 6.45) is 7.43. The Labute approximate surface area is 147 Å². The average molecular weight is 343 g/mol. The molecule has 1 aliphatic carbocycles. The molecule has 1 saturated carbocycles. The maximum absolute atomic E-state index is 4.74. The summed E-state index contributed by atoms with van der Waals surface area (Å²) >= 11 is 1.81. The summed E-state index contributed by atoms with van der Waals surface area (Å²) in [6, 6.07) is 0.717. The number of anilines is 1. The Morgan fingerprint density at radius 2 is 1.96 bits per heavy atom. The number of fused-ring (bicyclic) bond motifs is 5. The fourth-order valence-electron chi connectivity index (χ4n) is 4.61. The minimum atomic E-state index is 0.717. The predicted molar refractivity (Wildman–Crippen MR) is 99.9 cm³/mol. The van der Waals surface area contributed by atoms with Crippen LogP contribution in [0.3, 0.4) is 0 Å². The largest absolute Gasteiger partial charge is 0.354 e. The van der Waals surface area contributed by atoms with E-state index in [1.807, 2.05) is 11.3 Å². The molecular weight excluding hydrogens is 316 g/mol. The van der Waals surface area contributed by atoms with E-state index >= 15 is 0 Å². The fraction of sp³-hybridized carbons (Fsp3) is 0.684. The number of hydrogen-bond donors (Lipinski definition) is 0. The van der Waals surface area contributed by atoms with Gasteiger partial charge in [0.1, 0.15) is 17.0 Å². The van der Waals surface area contributed by atoms with Crippen LogP contribution in [0.4, 0.5) is 5.82 Å². The lowest BCUT2D eigenvalue weighted by Gasteiger charge is -2.36. The molecule has 0 radical (unpaired) electrons. The lowest BCUT2D eigenvalue weighted by Crippen LogP contribution is -2.44. The van der Waals surface area contributed by atoms with Gasteiger partial charge < -0.3 is 4.90 Å². The number of aryl methyl sites for hydroxylation is 2. The molecule has 24 heavy (non-hydrogen) atoms. The van der Waals surface area contributed by atoms with Crippen molar-refractivity contribution < 1.29 is 0 Å². The lowest BCUT2D eigenvalue weighted by atomic mass is 9.95. The highest BCUT2D eigenvalue weighted by Gasteiger charge is 2.38. The van der Waals surface area contributed by atoms with Crippen LogP contribution < -0.4 is 4.90 Å². The van der Waals surface area contributed by atoms with Crippen molar-refractivity contribution in [2.45, 2.75) is 45.6 Å². The lowest BCUT2D eigenvalue weighted by molar-refractivity contribution is 0.128. The van der Waals surface area contributed by atoms with E-state index in [1.54, 1.807) is 6.33 Å². The zero-order valence-corrected chi connectivity index (χ0v) is 15.5. The first-order valence-corrected chi connectivity index (χ1v) is 10.2. The van der Waals surface area contributed by atoms with E-state index in [2.05, 4.69) is 28.6 Å². The molecule has 0 N–H and O–H groups in total. The Hall–Kier alpha value is -1.20. The van der Waals surface area contributed by atoms with E-state index in [0.29, 0.717) is 0 Å². The molecule has 3 aliphatic heterocycles. The Morgan fingerprint density at radius 3 is 2.79 bits per heavy atom. The molecule has 4 aliphatic rings. The third kappa shape index (κ3) is 2.53. The molecule has 2 aromatic heterocycles. The van der Waals surface area contributed by atoms with Crippen LogP contribution in [0.2, 0.25) is 0 Å². The minimum Gasteiger partial charge on any atom is -0.354 e. The molecule has 0 spiro atoms. The first kappa shape index (κ1) is 15.1. The van der Waals surface area contributed by atoms with Crippen molar-refractivity contribution in [3.05, 3.63) is 16.8 Å². The van der Waals surface area contributed by atoms with Crippen LogP contribution in [0.5, 0.6) is 0 Å². The Balaban J connectivity index is 1.49. The van der Waals surface area contributed by atoms with E-state index in [0.717, 1.165) is 35.8 Å². The zero-order valence-electron chi connectivity index (χ0n) is 14.7. The standard InChI is InChI=1S/C19H26N4S/c1-12-13(2)24-19-17(12)18(20-11-21-19)23-9-15-5-6-16(10-23)22(8-15)7-14-3-4-14/h11,14-16H,3-10H2,1-2H3/t15-,16-/m1/s1. The van der Waals surface area contributed by atoms with Crippen molar-refractivity contribution in [3.63, 3.8) is 0 Å². The summed E-state index contributed by atoms with van der Waals surface area (Å²) < 4.78 is 0. The summed E-state index contributed by atoms with van der Waals surface area (Å²) in [5.41, 5.74) is 1.37. The van der Waals surface area contributed by atoms with Gasteiger partial charge in [-0.25, -0.2) is 9.97 Å². The van der Waals surface area contributed by atoms with E-state index in [-0.39, 0.29) is 0 Å². The highest BCUT2D eigenvalue weighted by molar-refractivity contribution is 7.18. The highest BCUT2D eigenvalue weighted by atomic mass is 32.1. The predicted octanol–water partition coefficient (Wildman–Crippen LogP) is 3.62. The first-order chi connectivity index (χ1) is 11.7. The van der Waals surface area contributed by atoms with Crippen molar-refractivity contribution in [2.75, 3.05) is 31.1 Å². The van der Waals surface area contributed by atoms with Gasteiger partial charge in [-0.1, -0.05) is 0 Å². The van der Waals surface area contributed by atoms with E-state index in [9.17, 15) is 0 Å². The van der Waals surface area contributed by atoms with Gasteiger partial charge in [-0.15, -0.1) is 11.3 Å². The van der Waals surface area contributed by atoms with Crippen LogP contribution in [-0.2, 0) is 0 Å². The van der Waals surface area contributed by atoms with Crippen molar-refractivity contribution >= 4 is 27.4 Å². The van der Waals surface area contributed by atoms with Crippen molar-refractivity contribution in [1.82, 2.24) is 14.9 Å². The Morgan fingerprint density at radius 1 is 1.08 bits per heavy atom. The Kier molecular flexibility index (Phi) is 3.56. The molecule has 0 aromatic carbocycles. The zero-order chi connectivity index (χ0) is 16.3. The number of rotatable bonds is 3. The number of aromatic nitrogens is 2. The van der Waals surface area contributed by atoms with Crippen molar-refractivity contribution in [1.29, 1.82) is 0 Å². The number of piperidine rings is 1. The summed E-state index contributed by atoms with van der Waals surface area (Å²) in [6.45, 7) is 9.38. The molecule has 0 unspecified atom stereocenters. The monoisotopic (exact) mass is 342 g/mol. The molecule has 4 nitrogen and oxygen atoms in total. The van der Waals surface area contributed by atoms with E-state index in [4.69, 9.17) is 4.98 Å². The summed E-state index contributed by atoms with van der Waals surface area (Å²) in [7, 11) is 0. The number of hydrogen-bond acceptors (Lipinski definition) is 5. The molecular formula is C19H26N4S. The minimum absolute atomic E-state index is 0.717. The Bertz CT molecular complexity index is 766. The van der Waals surface area contributed by atoms with Crippen molar-refractivity contribution in [3.8, 4) is 0 Å². The molecule has 2 aromatic rings. The first-order valence-electron chi connectivity index (χ1n) is 9.38. The van der Waals surface area contributed by atoms with Gasteiger partial charge in [0.25, 0.3) is 0 Å². The summed E-state index contributed by atoms with van der Waals surface area (Å²) in [4.78, 5) is 17.2. The van der Waals surface area contributed by atoms with Gasteiger partial charge in [-0.3, -0.25) is 4.90 Å². The second-order valence-corrected chi connectivity index (χ2v) is 9.26. The van der Waals surface area contributed by atoms with Crippen LogP contribution in [0.25, 0.3) is 10.2 Å². The molecule has 3 saturated heterocycles. The maximum Gasteiger partial charge on any atom is 0.141 e. The van der Waals surface area contributed by atoms with Crippen LogP contribution in [0.1, 0.15) is 36.1 Å². The highest BCUT2D eigenvalue weighted by Crippen LogP contribution is 2.38. The van der Waals surface area contributed by atoms with Crippen molar-refractivity contribution in [2.24, 2.45) is 11.8 Å². The number of nitrogens with zero attached hydrogens (tertiary/aromatic N) is 4. The maximum atomic E-state index is 4.74. The second kappa shape index (κ2) is 5.67. The van der Waals surface area contributed by atoms with Crippen LogP contribution >= 0.6 is 11.3 Å². The SMILES string of the molecule is Cc1sc2ncnc(N3C[C@@H]4CC[C@H](C3)N(CC3CC3)C4)c2c1C. The summed E-state index contributed by atoms with van der Waals surface area (Å²) in [5.74, 6) is 2.98. The fourth-order valence-corrected chi connectivity index (χ4v) is 5.60. The molecule has 2 atom stereocenters. The quantitative estimate of drug-likeness (QED) is 0.853. The molecule has 0 amide bonds. The van der Waals surface area contributed by atoms with Gasteiger partial charge in [0, 0.05) is 37.1 Å². The third-order valence-electron chi connectivity index (χ3n) is 6.26. The van der Waals surface area contributed by atoms with E-state index < -0.39 is 0 Å². The van der Waals surface area contributed by atoms with Crippen LogP contribution in [0, 0.1) is 25.7 Å². The van der Waals surface area contributed by atoms with E-state index in [1.165, 1.54) is 60.4 Å². The second-order valence-electron chi connectivity index (χ2n) is 8.06. The molecule has 4 fully saturated rings. The van der Waals surface area contributed by atoms with Gasteiger partial charge in [0.15, 0.2) is 0 Å². The van der Waals surface area contributed by atoms with Gasteiger partial charge in [0.05, 0.1) is 5.39 Å². The van der Waals surface area contributed by atoms with Crippen LogP contribution in [-0.4, -0.2) is 47.1 Å².